The van der Waals surface area contributed by atoms with Crippen molar-refractivity contribution in [2.75, 3.05) is 23.7 Å². The van der Waals surface area contributed by atoms with Crippen LogP contribution in [0.5, 0.6) is 0 Å². The maximum atomic E-state index is 9.61. The van der Waals surface area contributed by atoms with Crippen LogP contribution in [0, 0.1) is 6.92 Å². The molecule has 2 heterocycles. The van der Waals surface area contributed by atoms with Crippen molar-refractivity contribution in [2.45, 2.75) is 37.9 Å². The molecule has 1 aliphatic carbocycles. The molecule has 6 nitrogen and oxygen atoms in total. The summed E-state index contributed by atoms with van der Waals surface area (Å²) in [4.78, 5) is 10.8. The smallest absolute Gasteiger partial charge is 0.137 e. The van der Waals surface area contributed by atoms with Gasteiger partial charge in [0.25, 0.3) is 0 Å². The topological polar surface area (TPSA) is 95.5 Å². The third-order valence-electron chi connectivity index (χ3n) is 3.68. The van der Waals surface area contributed by atoms with Gasteiger partial charge >= 0.3 is 0 Å². The Balaban J connectivity index is 1.95. The molecule has 0 radical (unpaired) electrons. The Morgan fingerprint density at radius 3 is 2.33 bits per heavy atom. The molecule has 0 amide bonds. The molecule has 1 saturated carbocycles. The fourth-order valence-electron chi connectivity index (χ4n) is 2.31. The number of anilines is 2. The van der Waals surface area contributed by atoms with Crippen molar-refractivity contribution in [3.05, 3.63) is 11.4 Å². The van der Waals surface area contributed by atoms with Crippen LogP contribution < -0.4 is 10.6 Å². The quantitative estimate of drug-likeness (QED) is 0.672. The predicted octanol–water partition coefficient (Wildman–Crippen LogP) is -0.214. The van der Waals surface area contributed by atoms with E-state index in [1.807, 2.05) is 11.8 Å². The SMILES string of the molecule is Cc1c(N)nc(C2CC2)nc1N1CC(O)C(O)C1. The number of hydrogen-bond acceptors (Lipinski definition) is 6. The van der Waals surface area contributed by atoms with Crippen LogP contribution in [0.4, 0.5) is 11.6 Å². The normalized spacial score (nSPS) is 27.8. The highest BCUT2D eigenvalue weighted by Gasteiger charge is 2.33. The zero-order valence-electron chi connectivity index (χ0n) is 10.4. The number of hydrogen-bond donors (Lipinski definition) is 3. The van der Waals surface area contributed by atoms with Crippen LogP contribution in [0.15, 0.2) is 0 Å². The Bertz CT molecular complexity index is 465. The lowest BCUT2D eigenvalue weighted by Gasteiger charge is -2.20. The van der Waals surface area contributed by atoms with Crippen LogP contribution in [-0.4, -0.2) is 45.5 Å². The van der Waals surface area contributed by atoms with E-state index in [0.29, 0.717) is 24.8 Å². The van der Waals surface area contributed by atoms with Gasteiger partial charge in [0.2, 0.25) is 0 Å². The number of nitrogens with two attached hydrogens (primary N) is 1. The van der Waals surface area contributed by atoms with Gasteiger partial charge in [-0.15, -0.1) is 0 Å². The van der Waals surface area contributed by atoms with Gasteiger partial charge in [-0.05, 0) is 19.8 Å². The molecule has 2 aliphatic rings. The molecular formula is C12H18N4O2. The first-order valence-electron chi connectivity index (χ1n) is 6.31. The minimum atomic E-state index is -0.718. The van der Waals surface area contributed by atoms with E-state index in [4.69, 9.17) is 5.73 Å². The number of nitrogen functional groups attached to an aromatic ring is 1. The van der Waals surface area contributed by atoms with Crippen molar-refractivity contribution < 1.29 is 10.2 Å². The van der Waals surface area contributed by atoms with Crippen molar-refractivity contribution in [2.24, 2.45) is 0 Å². The number of aliphatic hydroxyl groups excluding tert-OH is 2. The third kappa shape index (κ3) is 1.91. The van der Waals surface area contributed by atoms with Gasteiger partial charge in [-0.3, -0.25) is 0 Å². The van der Waals surface area contributed by atoms with E-state index in [9.17, 15) is 10.2 Å². The largest absolute Gasteiger partial charge is 0.389 e. The van der Waals surface area contributed by atoms with E-state index in [0.717, 1.165) is 30.0 Å². The maximum Gasteiger partial charge on any atom is 0.137 e. The molecule has 98 valence electrons. The molecule has 1 aliphatic heterocycles. The Morgan fingerprint density at radius 2 is 1.78 bits per heavy atom. The van der Waals surface area contributed by atoms with E-state index in [1.54, 1.807) is 0 Å². The first-order valence-corrected chi connectivity index (χ1v) is 6.31. The number of aromatic nitrogens is 2. The van der Waals surface area contributed by atoms with Gasteiger partial charge in [-0.1, -0.05) is 0 Å². The van der Waals surface area contributed by atoms with Crippen LogP contribution >= 0.6 is 0 Å². The van der Waals surface area contributed by atoms with Gasteiger partial charge in [-0.2, -0.15) is 0 Å². The molecule has 6 heteroatoms. The summed E-state index contributed by atoms with van der Waals surface area (Å²) in [5.41, 5.74) is 6.74. The van der Waals surface area contributed by atoms with Gasteiger partial charge in [0.1, 0.15) is 17.5 Å². The molecule has 1 saturated heterocycles. The average molecular weight is 250 g/mol. The highest BCUT2D eigenvalue weighted by atomic mass is 16.3. The first-order chi connectivity index (χ1) is 8.56. The van der Waals surface area contributed by atoms with Gasteiger partial charge in [0.15, 0.2) is 0 Å². The molecule has 4 N–H and O–H groups in total. The predicted molar refractivity (Wildman–Crippen MR) is 67.4 cm³/mol. The highest BCUT2D eigenvalue weighted by Crippen LogP contribution is 2.39. The summed E-state index contributed by atoms with van der Waals surface area (Å²) in [6, 6.07) is 0. The molecule has 18 heavy (non-hydrogen) atoms. The average Bonchev–Trinajstić information content (AvgIpc) is 3.11. The van der Waals surface area contributed by atoms with E-state index in [-0.39, 0.29) is 0 Å². The minimum Gasteiger partial charge on any atom is -0.389 e. The molecule has 2 unspecified atom stereocenters. The molecular weight excluding hydrogens is 232 g/mol. The van der Waals surface area contributed by atoms with E-state index in [2.05, 4.69) is 9.97 Å². The zero-order valence-corrected chi connectivity index (χ0v) is 10.4. The summed E-state index contributed by atoms with van der Waals surface area (Å²) in [5, 5.41) is 19.2. The molecule has 0 aromatic carbocycles. The number of β-amino-alcohol motifs (C(OH)–C–C–N with tert-alkyl or cyclic N) is 2. The standard InChI is InChI=1S/C12H18N4O2/c1-6-10(13)14-11(7-2-3-7)15-12(6)16-4-8(17)9(18)5-16/h7-9,17-18H,2-5H2,1H3,(H2,13,14,15). The lowest BCUT2D eigenvalue weighted by Crippen LogP contribution is -2.24. The fourth-order valence-corrected chi connectivity index (χ4v) is 2.31. The Hall–Kier alpha value is -1.40. The number of rotatable bonds is 2. The van der Waals surface area contributed by atoms with Crippen molar-refractivity contribution >= 4 is 11.6 Å². The van der Waals surface area contributed by atoms with Crippen molar-refractivity contribution in [3.63, 3.8) is 0 Å². The molecule has 1 aromatic rings. The molecule has 0 spiro atoms. The Morgan fingerprint density at radius 1 is 1.17 bits per heavy atom. The highest BCUT2D eigenvalue weighted by molar-refractivity contribution is 5.57. The summed E-state index contributed by atoms with van der Waals surface area (Å²) in [5.74, 6) is 2.48. The van der Waals surface area contributed by atoms with Crippen LogP contribution in [0.2, 0.25) is 0 Å². The zero-order chi connectivity index (χ0) is 12.9. The summed E-state index contributed by atoms with van der Waals surface area (Å²) < 4.78 is 0. The number of aliphatic hydroxyl groups is 2. The van der Waals surface area contributed by atoms with Crippen LogP contribution in [0.1, 0.15) is 30.1 Å². The van der Waals surface area contributed by atoms with E-state index in [1.165, 1.54) is 0 Å². The Kier molecular flexibility index (Phi) is 2.64. The van der Waals surface area contributed by atoms with E-state index < -0.39 is 12.2 Å². The van der Waals surface area contributed by atoms with Crippen molar-refractivity contribution in [3.8, 4) is 0 Å². The van der Waals surface area contributed by atoms with Gasteiger partial charge < -0.3 is 20.8 Å². The summed E-state index contributed by atoms with van der Waals surface area (Å²) >= 11 is 0. The second-order valence-electron chi connectivity index (χ2n) is 5.23. The summed E-state index contributed by atoms with van der Waals surface area (Å²) in [7, 11) is 0. The lowest BCUT2D eigenvalue weighted by atomic mass is 10.2. The Labute approximate surface area is 105 Å². The van der Waals surface area contributed by atoms with Gasteiger partial charge in [0, 0.05) is 24.6 Å². The first kappa shape index (κ1) is 11.7. The van der Waals surface area contributed by atoms with Crippen molar-refractivity contribution in [1.82, 2.24) is 9.97 Å². The summed E-state index contributed by atoms with van der Waals surface area (Å²) in [6.07, 6.45) is 0.801. The van der Waals surface area contributed by atoms with E-state index >= 15 is 0 Å². The fraction of sp³-hybridized carbons (Fsp3) is 0.667. The molecule has 0 bridgehead atoms. The maximum absolute atomic E-state index is 9.61. The third-order valence-corrected chi connectivity index (χ3v) is 3.68. The molecule has 2 atom stereocenters. The van der Waals surface area contributed by atoms with Crippen LogP contribution in [0.25, 0.3) is 0 Å². The van der Waals surface area contributed by atoms with Crippen molar-refractivity contribution in [1.29, 1.82) is 0 Å². The second kappa shape index (κ2) is 4.07. The second-order valence-corrected chi connectivity index (χ2v) is 5.23. The molecule has 3 rings (SSSR count). The monoisotopic (exact) mass is 250 g/mol. The molecule has 1 aromatic heterocycles. The molecule has 2 fully saturated rings. The minimum absolute atomic E-state index is 0.391. The van der Waals surface area contributed by atoms with Crippen LogP contribution in [-0.2, 0) is 0 Å². The van der Waals surface area contributed by atoms with Crippen LogP contribution in [0.3, 0.4) is 0 Å². The van der Waals surface area contributed by atoms with Gasteiger partial charge in [-0.25, -0.2) is 9.97 Å². The summed E-state index contributed by atoms with van der Waals surface area (Å²) in [6.45, 7) is 2.66. The van der Waals surface area contributed by atoms with Gasteiger partial charge in [0.05, 0.1) is 12.2 Å². The number of nitrogens with zero attached hydrogens (tertiary/aromatic N) is 3. The lowest BCUT2D eigenvalue weighted by molar-refractivity contribution is 0.0572.